The standard InChI is InChI=1S/C28H49N/c1-3-5-7-8-9-11-23-12-15-25(16-13-23)26-18-19-28(22-29)21-24(10-6-4-2)14-17-27(28)20-26/h23-27H,3-21H2,1-2H3/t23?,24-,25?,26?,27-,28-/m1/s1. The van der Waals surface area contributed by atoms with E-state index in [-0.39, 0.29) is 5.41 Å². The van der Waals surface area contributed by atoms with Gasteiger partial charge in [-0.05, 0) is 74.5 Å². The van der Waals surface area contributed by atoms with Gasteiger partial charge in [-0.1, -0.05) is 90.9 Å². The fourth-order valence-electron chi connectivity index (χ4n) is 7.42. The van der Waals surface area contributed by atoms with Gasteiger partial charge in [-0.3, -0.25) is 0 Å². The second-order valence-electron chi connectivity index (χ2n) is 11.3. The highest BCUT2D eigenvalue weighted by molar-refractivity contribution is 5.09. The van der Waals surface area contributed by atoms with Gasteiger partial charge in [0.15, 0.2) is 0 Å². The molecule has 0 bridgehead atoms. The molecule has 0 aromatic carbocycles. The number of hydrogen-bond donors (Lipinski definition) is 0. The summed E-state index contributed by atoms with van der Waals surface area (Å²) in [6, 6.07) is 2.89. The molecule has 0 spiro atoms. The minimum absolute atomic E-state index is 0.0584. The van der Waals surface area contributed by atoms with E-state index in [9.17, 15) is 5.26 Å². The summed E-state index contributed by atoms with van der Waals surface area (Å²) in [6.45, 7) is 4.61. The van der Waals surface area contributed by atoms with E-state index in [1.54, 1.807) is 0 Å². The number of hydrogen-bond acceptors (Lipinski definition) is 1. The number of nitriles is 1. The lowest BCUT2D eigenvalue weighted by Gasteiger charge is -2.50. The molecule has 0 amide bonds. The van der Waals surface area contributed by atoms with Gasteiger partial charge in [0, 0.05) is 0 Å². The molecule has 3 aliphatic rings. The summed E-state index contributed by atoms with van der Waals surface area (Å²) in [5.41, 5.74) is 0.0584. The Bertz CT molecular complexity index is 497. The van der Waals surface area contributed by atoms with Gasteiger partial charge in [-0.15, -0.1) is 0 Å². The fraction of sp³-hybridized carbons (Fsp3) is 0.964. The molecule has 3 aliphatic carbocycles. The highest BCUT2D eigenvalue weighted by atomic mass is 14.5. The summed E-state index contributed by atoms with van der Waals surface area (Å²) in [4.78, 5) is 0. The third kappa shape index (κ3) is 6.24. The Morgan fingerprint density at radius 1 is 0.724 bits per heavy atom. The maximum atomic E-state index is 10.1. The van der Waals surface area contributed by atoms with Crippen molar-refractivity contribution in [3.63, 3.8) is 0 Å². The quantitative estimate of drug-likeness (QED) is 0.336. The van der Waals surface area contributed by atoms with E-state index in [1.165, 1.54) is 122 Å². The van der Waals surface area contributed by atoms with Gasteiger partial charge in [0.05, 0.1) is 11.5 Å². The van der Waals surface area contributed by atoms with Crippen molar-refractivity contribution in [3.8, 4) is 6.07 Å². The third-order valence-corrected chi connectivity index (χ3v) is 9.37. The Morgan fingerprint density at radius 2 is 1.41 bits per heavy atom. The van der Waals surface area contributed by atoms with Gasteiger partial charge >= 0.3 is 0 Å². The Balaban J connectivity index is 1.42. The van der Waals surface area contributed by atoms with Crippen molar-refractivity contribution in [3.05, 3.63) is 0 Å². The largest absolute Gasteiger partial charge is 0.198 e. The molecular weight excluding hydrogens is 350 g/mol. The first kappa shape index (κ1) is 23.2. The highest BCUT2D eigenvalue weighted by Gasteiger charge is 2.48. The maximum absolute atomic E-state index is 10.1. The fourth-order valence-corrected chi connectivity index (χ4v) is 7.42. The molecule has 0 aromatic rings. The highest BCUT2D eigenvalue weighted by Crippen LogP contribution is 2.56. The van der Waals surface area contributed by atoms with Crippen LogP contribution in [0.2, 0.25) is 0 Å². The lowest BCUT2D eigenvalue weighted by molar-refractivity contribution is 0.0147. The molecule has 0 aliphatic heterocycles. The summed E-state index contributed by atoms with van der Waals surface area (Å²) >= 11 is 0. The van der Waals surface area contributed by atoms with Gasteiger partial charge in [-0.25, -0.2) is 0 Å². The minimum Gasteiger partial charge on any atom is -0.198 e. The van der Waals surface area contributed by atoms with E-state index >= 15 is 0 Å². The smallest absolute Gasteiger partial charge is 0.0692 e. The van der Waals surface area contributed by atoms with Crippen LogP contribution in [0.15, 0.2) is 0 Å². The first-order chi connectivity index (χ1) is 14.2. The second kappa shape index (κ2) is 11.8. The van der Waals surface area contributed by atoms with Gasteiger partial charge in [0.25, 0.3) is 0 Å². The van der Waals surface area contributed by atoms with Gasteiger partial charge in [-0.2, -0.15) is 5.26 Å². The molecule has 4 atom stereocenters. The number of nitrogens with zero attached hydrogens (tertiary/aromatic N) is 1. The van der Waals surface area contributed by atoms with Crippen molar-refractivity contribution in [1.29, 1.82) is 5.26 Å². The molecule has 1 nitrogen and oxygen atoms in total. The molecular formula is C28H49N. The van der Waals surface area contributed by atoms with E-state index in [0.717, 1.165) is 29.6 Å². The zero-order chi connectivity index (χ0) is 20.5. The lowest BCUT2D eigenvalue weighted by atomic mass is 9.53. The molecule has 0 aromatic heterocycles. The summed E-state index contributed by atoms with van der Waals surface area (Å²) in [6.07, 6.45) is 26.7. The predicted molar refractivity (Wildman–Crippen MR) is 125 cm³/mol. The molecule has 0 saturated heterocycles. The van der Waals surface area contributed by atoms with Crippen molar-refractivity contribution < 1.29 is 0 Å². The predicted octanol–water partition coefficient (Wildman–Crippen LogP) is 9.07. The van der Waals surface area contributed by atoms with Crippen LogP contribution < -0.4 is 0 Å². The first-order valence-electron chi connectivity index (χ1n) is 13.6. The first-order valence-corrected chi connectivity index (χ1v) is 13.6. The van der Waals surface area contributed by atoms with Crippen LogP contribution >= 0.6 is 0 Å². The van der Waals surface area contributed by atoms with Crippen LogP contribution in [0.25, 0.3) is 0 Å². The molecule has 29 heavy (non-hydrogen) atoms. The number of rotatable bonds is 10. The Morgan fingerprint density at radius 3 is 2.14 bits per heavy atom. The Labute approximate surface area is 182 Å². The van der Waals surface area contributed by atoms with Crippen molar-refractivity contribution in [2.24, 2.45) is 35.0 Å². The summed E-state index contributed by atoms with van der Waals surface area (Å²) in [5.74, 6) is 4.53. The van der Waals surface area contributed by atoms with Crippen LogP contribution in [-0.2, 0) is 0 Å². The van der Waals surface area contributed by atoms with Crippen LogP contribution in [0.5, 0.6) is 0 Å². The van der Waals surface area contributed by atoms with Gasteiger partial charge in [0.2, 0.25) is 0 Å². The van der Waals surface area contributed by atoms with Crippen molar-refractivity contribution in [1.82, 2.24) is 0 Å². The van der Waals surface area contributed by atoms with Crippen molar-refractivity contribution >= 4 is 0 Å². The second-order valence-corrected chi connectivity index (χ2v) is 11.3. The monoisotopic (exact) mass is 399 g/mol. The molecule has 3 fully saturated rings. The Hall–Kier alpha value is -0.510. The molecule has 3 saturated carbocycles. The van der Waals surface area contributed by atoms with E-state index in [1.807, 2.05) is 0 Å². The summed E-state index contributed by atoms with van der Waals surface area (Å²) in [7, 11) is 0. The molecule has 1 unspecified atom stereocenters. The van der Waals surface area contributed by atoms with Crippen LogP contribution in [-0.4, -0.2) is 0 Å². The van der Waals surface area contributed by atoms with Crippen LogP contribution in [0.3, 0.4) is 0 Å². The molecule has 1 heteroatoms. The SMILES string of the molecule is CCCCCCCC1CCC(C2CC[C@]3(C#N)C[C@H](CCCC)CC[C@@H]3C2)CC1. The van der Waals surface area contributed by atoms with Crippen LogP contribution in [0, 0.1) is 46.3 Å². The zero-order valence-electron chi connectivity index (χ0n) is 19.8. The molecule has 3 rings (SSSR count). The van der Waals surface area contributed by atoms with Gasteiger partial charge in [0.1, 0.15) is 0 Å². The van der Waals surface area contributed by atoms with E-state index < -0.39 is 0 Å². The molecule has 0 radical (unpaired) electrons. The number of fused-ring (bicyclic) bond motifs is 1. The molecule has 0 N–H and O–H groups in total. The van der Waals surface area contributed by atoms with Crippen molar-refractivity contribution in [2.45, 2.75) is 136 Å². The Kier molecular flexibility index (Phi) is 9.40. The minimum atomic E-state index is 0.0584. The van der Waals surface area contributed by atoms with Crippen molar-refractivity contribution in [2.75, 3.05) is 0 Å². The van der Waals surface area contributed by atoms with Crippen LogP contribution in [0.4, 0.5) is 0 Å². The normalized spacial score (nSPS) is 37.6. The van der Waals surface area contributed by atoms with Crippen LogP contribution in [0.1, 0.15) is 136 Å². The summed E-state index contributed by atoms with van der Waals surface area (Å²) < 4.78 is 0. The van der Waals surface area contributed by atoms with E-state index in [2.05, 4.69) is 19.9 Å². The van der Waals surface area contributed by atoms with E-state index in [4.69, 9.17) is 0 Å². The summed E-state index contributed by atoms with van der Waals surface area (Å²) in [5, 5.41) is 10.1. The topological polar surface area (TPSA) is 23.8 Å². The third-order valence-electron chi connectivity index (χ3n) is 9.37. The zero-order valence-corrected chi connectivity index (χ0v) is 19.8. The lowest BCUT2D eigenvalue weighted by Crippen LogP contribution is -2.42. The van der Waals surface area contributed by atoms with E-state index in [0.29, 0.717) is 0 Å². The number of unbranched alkanes of at least 4 members (excludes halogenated alkanes) is 5. The molecule has 0 heterocycles. The average Bonchev–Trinajstić information content (AvgIpc) is 2.77. The maximum Gasteiger partial charge on any atom is 0.0692 e. The molecule has 166 valence electrons. The average molecular weight is 400 g/mol. The van der Waals surface area contributed by atoms with Gasteiger partial charge < -0.3 is 0 Å².